The van der Waals surface area contributed by atoms with Crippen molar-refractivity contribution in [2.75, 3.05) is 4.90 Å². The number of hydrogen-bond donors (Lipinski definition) is 0. The van der Waals surface area contributed by atoms with Gasteiger partial charge in [0.15, 0.2) is 0 Å². The van der Waals surface area contributed by atoms with Crippen LogP contribution in [-0.2, 0) is 11.3 Å². The fourth-order valence-electron chi connectivity index (χ4n) is 2.23. The van der Waals surface area contributed by atoms with Crippen LogP contribution >= 0.6 is 0 Å². The molecule has 1 aliphatic heterocycles. The molecule has 2 aromatic rings. The minimum atomic E-state index is -0.770. The van der Waals surface area contributed by atoms with Gasteiger partial charge in [0, 0.05) is 5.56 Å². The molecule has 0 radical (unpaired) electrons. The van der Waals surface area contributed by atoms with Gasteiger partial charge in [-0.3, -0.25) is 9.59 Å². The van der Waals surface area contributed by atoms with Gasteiger partial charge in [0.05, 0.1) is 17.8 Å². The molecule has 2 aromatic carbocycles. The molecule has 0 fully saturated rings. The van der Waals surface area contributed by atoms with Crippen molar-refractivity contribution in [1.82, 2.24) is 0 Å². The van der Waals surface area contributed by atoms with E-state index in [0.29, 0.717) is 11.3 Å². The summed E-state index contributed by atoms with van der Waals surface area (Å²) in [5.41, 5.74) is 0.627. The molecule has 0 atom stereocenters. The Labute approximate surface area is 113 Å². The molecule has 0 saturated carbocycles. The summed E-state index contributed by atoms with van der Waals surface area (Å²) < 4.78 is 26.8. The molecule has 1 heterocycles. The van der Waals surface area contributed by atoms with E-state index in [0.717, 1.165) is 11.0 Å². The zero-order valence-corrected chi connectivity index (χ0v) is 10.3. The van der Waals surface area contributed by atoms with Crippen LogP contribution in [0.5, 0.6) is 0 Å². The Morgan fingerprint density at radius 2 is 1.75 bits per heavy atom. The van der Waals surface area contributed by atoms with Crippen molar-refractivity contribution in [2.24, 2.45) is 0 Å². The zero-order valence-electron chi connectivity index (χ0n) is 10.3. The summed E-state index contributed by atoms with van der Waals surface area (Å²) in [6.45, 7) is -0.0596. The van der Waals surface area contributed by atoms with Crippen LogP contribution < -0.4 is 4.90 Å². The highest BCUT2D eigenvalue weighted by atomic mass is 19.1. The summed E-state index contributed by atoms with van der Waals surface area (Å²) in [5.74, 6) is -2.58. The SMILES string of the molecule is O=C1C(=O)N(Cc2ccccc2F)c2ccc(F)cc21. The van der Waals surface area contributed by atoms with Crippen LogP contribution in [0.15, 0.2) is 42.5 Å². The highest BCUT2D eigenvalue weighted by molar-refractivity contribution is 6.52. The summed E-state index contributed by atoms with van der Waals surface area (Å²) in [7, 11) is 0. The number of ketones is 1. The lowest BCUT2D eigenvalue weighted by atomic mass is 10.1. The molecule has 1 aliphatic rings. The molecule has 0 saturated heterocycles. The lowest BCUT2D eigenvalue weighted by Gasteiger charge is -2.16. The number of carbonyl (C=O) groups is 2. The maximum absolute atomic E-state index is 13.6. The van der Waals surface area contributed by atoms with Crippen molar-refractivity contribution in [2.45, 2.75) is 6.54 Å². The first-order valence-corrected chi connectivity index (χ1v) is 5.97. The van der Waals surface area contributed by atoms with E-state index < -0.39 is 23.3 Å². The molecular formula is C15H9F2NO2. The Morgan fingerprint density at radius 3 is 2.50 bits per heavy atom. The third kappa shape index (κ3) is 1.87. The lowest BCUT2D eigenvalue weighted by molar-refractivity contribution is -0.114. The van der Waals surface area contributed by atoms with Crippen LogP contribution in [0.4, 0.5) is 14.5 Å². The molecule has 100 valence electrons. The number of benzene rings is 2. The van der Waals surface area contributed by atoms with Crippen LogP contribution in [0.2, 0.25) is 0 Å². The predicted molar refractivity (Wildman–Crippen MR) is 68.3 cm³/mol. The van der Waals surface area contributed by atoms with E-state index in [-0.39, 0.29) is 12.1 Å². The molecule has 0 spiro atoms. The first-order valence-electron chi connectivity index (χ1n) is 5.97. The average Bonchev–Trinajstić information content (AvgIpc) is 2.66. The second kappa shape index (κ2) is 4.52. The van der Waals surface area contributed by atoms with Gasteiger partial charge in [-0.15, -0.1) is 0 Å². The Balaban J connectivity index is 2.02. The number of Topliss-reactive ketones (excluding diaryl/α,β-unsaturated/α-hetero) is 1. The summed E-state index contributed by atoms with van der Waals surface area (Å²) in [5, 5.41) is 0. The van der Waals surface area contributed by atoms with E-state index in [1.165, 1.54) is 24.3 Å². The minimum absolute atomic E-state index is 0.0198. The first-order chi connectivity index (χ1) is 9.58. The molecule has 3 rings (SSSR count). The van der Waals surface area contributed by atoms with Crippen LogP contribution in [0, 0.1) is 11.6 Å². The van der Waals surface area contributed by atoms with E-state index in [4.69, 9.17) is 0 Å². The number of nitrogens with zero attached hydrogens (tertiary/aromatic N) is 1. The second-order valence-corrected chi connectivity index (χ2v) is 4.47. The maximum atomic E-state index is 13.6. The number of hydrogen-bond acceptors (Lipinski definition) is 2. The number of fused-ring (bicyclic) bond motifs is 1. The Kier molecular flexibility index (Phi) is 2.82. The number of anilines is 1. The topological polar surface area (TPSA) is 37.4 Å². The fraction of sp³-hybridized carbons (Fsp3) is 0.0667. The molecular weight excluding hydrogens is 264 g/mol. The average molecular weight is 273 g/mol. The van der Waals surface area contributed by atoms with Crippen molar-refractivity contribution < 1.29 is 18.4 Å². The van der Waals surface area contributed by atoms with Crippen molar-refractivity contribution >= 4 is 17.4 Å². The number of carbonyl (C=O) groups excluding carboxylic acids is 2. The minimum Gasteiger partial charge on any atom is -0.300 e. The van der Waals surface area contributed by atoms with Crippen molar-refractivity contribution in [3.63, 3.8) is 0 Å². The molecule has 5 heteroatoms. The quantitative estimate of drug-likeness (QED) is 0.789. The Morgan fingerprint density at radius 1 is 1.00 bits per heavy atom. The highest BCUT2D eigenvalue weighted by Crippen LogP contribution is 2.31. The van der Waals surface area contributed by atoms with Gasteiger partial charge in [0.25, 0.3) is 11.7 Å². The molecule has 3 nitrogen and oxygen atoms in total. The van der Waals surface area contributed by atoms with E-state index in [9.17, 15) is 18.4 Å². The smallest absolute Gasteiger partial charge is 0.299 e. The van der Waals surface area contributed by atoms with Crippen LogP contribution in [0.1, 0.15) is 15.9 Å². The summed E-state index contributed by atoms with van der Waals surface area (Å²) in [4.78, 5) is 24.9. The van der Waals surface area contributed by atoms with Gasteiger partial charge in [-0.25, -0.2) is 8.78 Å². The third-order valence-corrected chi connectivity index (χ3v) is 3.22. The summed E-state index contributed by atoms with van der Waals surface area (Å²) in [6.07, 6.45) is 0. The van der Waals surface area contributed by atoms with Crippen molar-refractivity contribution in [3.05, 3.63) is 65.2 Å². The van der Waals surface area contributed by atoms with Crippen molar-refractivity contribution in [1.29, 1.82) is 0 Å². The van der Waals surface area contributed by atoms with Crippen LogP contribution in [-0.4, -0.2) is 11.7 Å². The number of amides is 1. The summed E-state index contributed by atoms with van der Waals surface area (Å²) in [6, 6.07) is 9.55. The lowest BCUT2D eigenvalue weighted by Crippen LogP contribution is -2.29. The monoisotopic (exact) mass is 273 g/mol. The number of halogens is 2. The van der Waals surface area contributed by atoms with Gasteiger partial charge in [0.1, 0.15) is 11.6 Å². The van der Waals surface area contributed by atoms with E-state index in [2.05, 4.69) is 0 Å². The Bertz CT molecular complexity index is 728. The molecule has 0 unspecified atom stereocenters. The molecule has 1 amide bonds. The first kappa shape index (κ1) is 12.5. The van der Waals surface area contributed by atoms with Gasteiger partial charge in [0.2, 0.25) is 0 Å². The Hall–Kier alpha value is -2.56. The highest BCUT2D eigenvalue weighted by Gasteiger charge is 2.36. The van der Waals surface area contributed by atoms with Crippen molar-refractivity contribution in [3.8, 4) is 0 Å². The molecule has 0 aliphatic carbocycles. The largest absolute Gasteiger partial charge is 0.300 e. The van der Waals surface area contributed by atoms with E-state index in [1.54, 1.807) is 12.1 Å². The number of rotatable bonds is 2. The zero-order chi connectivity index (χ0) is 14.3. The molecule has 20 heavy (non-hydrogen) atoms. The van der Waals surface area contributed by atoms with Gasteiger partial charge in [-0.05, 0) is 24.3 Å². The third-order valence-electron chi connectivity index (χ3n) is 3.22. The summed E-state index contributed by atoms with van der Waals surface area (Å²) >= 11 is 0. The second-order valence-electron chi connectivity index (χ2n) is 4.47. The van der Waals surface area contributed by atoms with Gasteiger partial charge in [-0.2, -0.15) is 0 Å². The van der Waals surface area contributed by atoms with E-state index >= 15 is 0 Å². The molecule has 0 aromatic heterocycles. The van der Waals surface area contributed by atoms with Crippen LogP contribution in [0.25, 0.3) is 0 Å². The molecule has 0 N–H and O–H groups in total. The molecule has 0 bridgehead atoms. The van der Waals surface area contributed by atoms with Gasteiger partial charge in [-0.1, -0.05) is 18.2 Å². The predicted octanol–water partition coefficient (Wildman–Crippen LogP) is 2.69. The fourth-order valence-corrected chi connectivity index (χ4v) is 2.23. The maximum Gasteiger partial charge on any atom is 0.299 e. The van der Waals surface area contributed by atoms with Gasteiger partial charge < -0.3 is 4.90 Å². The van der Waals surface area contributed by atoms with Gasteiger partial charge >= 0.3 is 0 Å². The van der Waals surface area contributed by atoms with E-state index in [1.807, 2.05) is 0 Å². The normalized spacial score (nSPS) is 13.8. The van der Waals surface area contributed by atoms with Crippen LogP contribution in [0.3, 0.4) is 0 Å². The standard InChI is InChI=1S/C15H9F2NO2/c16-10-5-6-13-11(7-10)14(19)15(20)18(13)8-9-3-1-2-4-12(9)17/h1-7H,8H2.